The molecule has 1 aliphatic carbocycles. The fourth-order valence-corrected chi connectivity index (χ4v) is 4.81. The maximum Gasteiger partial charge on any atom is 0.278 e. The molecule has 0 aliphatic heterocycles. The van der Waals surface area contributed by atoms with Crippen molar-refractivity contribution in [1.82, 2.24) is 30.4 Å². The molecule has 0 saturated carbocycles. The van der Waals surface area contributed by atoms with Crippen LogP contribution in [-0.2, 0) is 12.0 Å². The molecule has 10 nitrogen and oxygen atoms in total. The van der Waals surface area contributed by atoms with Gasteiger partial charge in [-0.1, -0.05) is 23.2 Å². The number of aromatic nitrogens is 7. The predicted molar refractivity (Wildman–Crippen MR) is 128 cm³/mol. The lowest BCUT2D eigenvalue weighted by atomic mass is 9.99. The smallest absolute Gasteiger partial charge is 0.278 e. The van der Waals surface area contributed by atoms with Crippen molar-refractivity contribution in [2.24, 2.45) is 0 Å². The zero-order valence-electron chi connectivity index (χ0n) is 18.8. The van der Waals surface area contributed by atoms with Crippen LogP contribution in [0.15, 0.2) is 65.5 Å². The minimum Gasteiger partial charge on any atom is -0.417 e. The van der Waals surface area contributed by atoms with Crippen molar-refractivity contribution < 1.29 is 19.1 Å². The molecule has 5 aromatic rings. The van der Waals surface area contributed by atoms with Crippen LogP contribution in [0.25, 0.3) is 28.3 Å². The van der Waals surface area contributed by atoms with E-state index in [1.54, 1.807) is 41.2 Å². The molecule has 12 heteroatoms. The molecule has 36 heavy (non-hydrogen) atoms. The van der Waals surface area contributed by atoms with E-state index in [1.807, 2.05) is 18.2 Å². The average molecular weight is 523 g/mol. The summed E-state index contributed by atoms with van der Waals surface area (Å²) in [5.41, 5.74) is 2.89. The largest absolute Gasteiger partial charge is 0.417 e. The molecule has 0 bridgehead atoms. The fraction of sp³-hybridized carbons (Fsp3) is 0.167. The number of rotatable bonds is 5. The van der Waals surface area contributed by atoms with Gasteiger partial charge in [0.15, 0.2) is 0 Å². The van der Waals surface area contributed by atoms with Gasteiger partial charge >= 0.3 is 0 Å². The highest BCUT2D eigenvalue weighted by molar-refractivity contribution is 6.31. The Labute approximate surface area is 214 Å². The van der Waals surface area contributed by atoms with E-state index in [9.17, 15) is 5.11 Å². The van der Waals surface area contributed by atoms with Gasteiger partial charge in [0.05, 0.1) is 11.3 Å². The molecule has 2 aromatic carbocycles. The highest BCUT2D eigenvalue weighted by Gasteiger charge is 2.52. The third kappa shape index (κ3) is 3.70. The zero-order chi connectivity index (χ0) is 24.9. The topological polar surface area (TPSA) is 116 Å². The first kappa shape index (κ1) is 22.6. The van der Waals surface area contributed by atoms with Gasteiger partial charge in [-0.3, -0.25) is 4.84 Å². The van der Waals surface area contributed by atoms with E-state index in [4.69, 9.17) is 32.5 Å². The van der Waals surface area contributed by atoms with Crippen LogP contribution in [0, 0.1) is 0 Å². The van der Waals surface area contributed by atoms with Crippen LogP contribution in [0.5, 0.6) is 0 Å². The van der Waals surface area contributed by atoms with Crippen molar-refractivity contribution in [2.45, 2.75) is 18.4 Å². The van der Waals surface area contributed by atoms with Crippen LogP contribution in [-0.4, -0.2) is 42.6 Å². The van der Waals surface area contributed by atoms with Crippen molar-refractivity contribution >= 4 is 23.2 Å². The average Bonchev–Trinajstić information content (AvgIpc) is 3.65. The maximum absolute atomic E-state index is 11.8. The van der Waals surface area contributed by atoms with Crippen molar-refractivity contribution in [1.29, 1.82) is 0 Å². The van der Waals surface area contributed by atoms with Gasteiger partial charge in [-0.05, 0) is 65.4 Å². The number of hydrogen-bond acceptors (Lipinski definition) is 8. The van der Waals surface area contributed by atoms with Crippen LogP contribution in [0.4, 0.5) is 0 Å². The number of halogens is 2. The molecular formula is C24H18Cl2N7O3+. The molecule has 3 aromatic heterocycles. The normalized spacial score (nSPS) is 16.8. The lowest BCUT2D eigenvalue weighted by Gasteiger charge is -2.16. The first-order valence-corrected chi connectivity index (χ1v) is 11.7. The predicted octanol–water partition coefficient (Wildman–Crippen LogP) is 3.21. The van der Waals surface area contributed by atoms with Crippen LogP contribution in [0.1, 0.15) is 23.6 Å². The number of hydrogen-bond donors (Lipinski definition) is 1. The highest BCUT2D eigenvalue weighted by atomic mass is 35.5. The molecular weight excluding hydrogens is 505 g/mol. The van der Waals surface area contributed by atoms with Gasteiger partial charge in [-0.15, -0.1) is 15.3 Å². The lowest BCUT2D eigenvalue weighted by Crippen LogP contribution is -2.50. The third-order valence-corrected chi connectivity index (χ3v) is 6.68. The van der Waals surface area contributed by atoms with Gasteiger partial charge in [0.1, 0.15) is 13.4 Å². The standard InChI is InChI=1S/C24H18Cl2N7O3/c1-35-33-12-16(19-11-18(26)6-7-20(19)32-13-27-30-31-32)10-15-8-9-24(34,21(15)33)23-29-28-22(36-23)14-2-4-17(25)5-3-14/h2-7,10-13,34H,8-9H2,1H3/q+1. The van der Waals surface area contributed by atoms with Crippen molar-refractivity contribution in [3.63, 3.8) is 0 Å². The Morgan fingerprint density at radius 1 is 1.06 bits per heavy atom. The zero-order valence-corrected chi connectivity index (χ0v) is 20.3. The van der Waals surface area contributed by atoms with E-state index in [0.29, 0.717) is 34.1 Å². The summed E-state index contributed by atoms with van der Waals surface area (Å²) in [6.45, 7) is 0. The summed E-state index contributed by atoms with van der Waals surface area (Å²) in [6, 6.07) is 14.5. The number of fused-ring (bicyclic) bond motifs is 1. The van der Waals surface area contributed by atoms with Crippen LogP contribution in [0.2, 0.25) is 10.0 Å². The van der Waals surface area contributed by atoms with E-state index in [0.717, 1.165) is 22.4 Å². The van der Waals surface area contributed by atoms with E-state index in [2.05, 4.69) is 25.7 Å². The second-order valence-corrected chi connectivity index (χ2v) is 9.18. The Hall–Kier alpha value is -3.86. The van der Waals surface area contributed by atoms with Crippen molar-refractivity contribution in [3.05, 3.63) is 88.2 Å². The van der Waals surface area contributed by atoms with Gasteiger partial charge in [0.25, 0.3) is 11.6 Å². The summed E-state index contributed by atoms with van der Waals surface area (Å²) in [4.78, 5) is 5.67. The van der Waals surface area contributed by atoms with E-state index < -0.39 is 5.60 Å². The summed E-state index contributed by atoms with van der Waals surface area (Å²) >= 11 is 12.3. The molecule has 180 valence electrons. The van der Waals surface area contributed by atoms with E-state index >= 15 is 0 Å². The number of nitrogens with zero attached hydrogens (tertiary/aromatic N) is 7. The Morgan fingerprint density at radius 3 is 2.61 bits per heavy atom. The van der Waals surface area contributed by atoms with E-state index in [-0.39, 0.29) is 11.8 Å². The summed E-state index contributed by atoms with van der Waals surface area (Å²) < 4.78 is 9.00. The number of benzene rings is 2. The van der Waals surface area contributed by atoms with Gasteiger partial charge in [0.2, 0.25) is 17.7 Å². The molecule has 6 rings (SSSR count). The van der Waals surface area contributed by atoms with Crippen molar-refractivity contribution in [2.75, 3.05) is 7.11 Å². The maximum atomic E-state index is 11.8. The third-order valence-electron chi connectivity index (χ3n) is 6.19. The lowest BCUT2D eigenvalue weighted by molar-refractivity contribution is -0.893. The Morgan fingerprint density at radius 2 is 1.86 bits per heavy atom. The minimum absolute atomic E-state index is 0.0851. The molecule has 1 N–H and O–H groups in total. The molecule has 3 heterocycles. The molecule has 1 unspecified atom stereocenters. The summed E-state index contributed by atoms with van der Waals surface area (Å²) in [5.74, 6) is 0.371. The summed E-state index contributed by atoms with van der Waals surface area (Å²) in [7, 11) is 1.52. The molecule has 0 amide bonds. The molecule has 0 fully saturated rings. The van der Waals surface area contributed by atoms with Crippen molar-refractivity contribution in [3.8, 4) is 28.3 Å². The Kier molecular flexibility index (Phi) is 5.44. The summed E-state index contributed by atoms with van der Waals surface area (Å²) in [6.07, 6.45) is 4.18. The quantitative estimate of drug-likeness (QED) is 0.349. The van der Waals surface area contributed by atoms with E-state index in [1.165, 1.54) is 18.2 Å². The van der Waals surface area contributed by atoms with Gasteiger partial charge in [-0.2, -0.15) is 4.68 Å². The molecule has 1 atom stereocenters. The second-order valence-electron chi connectivity index (χ2n) is 8.31. The number of aryl methyl sites for hydroxylation is 1. The molecule has 0 radical (unpaired) electrons. The number of aliphatic hydroxyl groups is 1. The minimum atomic E-state index is -1.53. The van der Waals surface area contributed by atoms with Crippen LogP contribution in [0.3, 0.4) is 0 Å². The van der Waals surface area contributed by atoms with Gasteiger partial charge < -0.3 is 9.52 Å². The Balaban J connectivity index is 1.44. The van der Waals surface area contributed by atoms with Gasteiger partial charge in [0, 0.05) is 37.9 Å². The summed E-state index contributed by atoms with van der Waals surface area (Å²) in [5, 5.41) is 32.7. The van der Waals surface area contributed by atoms with Crippen LogP contribution >= 0.6 is 23.2 Å². The first-order chi connectivity index (χ1) is 17.5. The highest BCUT2D eigenvalue weighted by Crippen LogP contribution is 2.42. The molecule has 0 saturated heterocycles. The second kappa shape index (κ2) is 8.66. The van der Waals surface area contributed by atoms with Gasteiger partial charge in [-0.25, -0.2) is 0 Å². The molecule has 1 aliphatic rings. The SMILES string of the molecule is CO[n+]1cc(-c2cc(Cl)ccc2-n2cnnn2)cc2c1C(O)(c1nnc(-c3ccc(Cl)cc3)o1)CC2. The Bertz CT molecular complexity index is 1570. The molecule has 0 spiro atoms. The number of pyridine rings is 1. The number of tetrazole rings is 1. The fourth-order valence-electron chi connectivity index (χ4n) is 4.51. The first-order valence-electron chi connectivity index (χ1n) is 11.0. The monoisotopic (exact) mass is 522 g/mol. The van der Waals surface area contributed by atoms with Crippen LogP contribution < -0.4 is 9.57 Å².